The van der Waals surface area contributed by atoms with Gasteiger partial charge < -0.3 is 28.1 Å². The van der Waals surface area contributed by atoms with Gasteiger partial charge in [-0.1, -0.05) is 0 Å². The van der Waals surface area contributed by atoms with E-state index in [0.717, 1.165) is 34.6 Å². The van der Waals surface area contributed by atoms with Crippen LogP contribution in [0.5, 0.6) is 0 Å². The molecule has 172 valence electrons. The molecule has 0 aliphatic heterocycles. The summed E-state index contributed by atoms with van der Waals surface area (Å²) in [6.07, 6.45) is -4.09. The average molecular weight is 442 g/mol. The first kappa shape index (κ1) is 25.7. The number of carbonyl (C=O) groups excluding carboxylic acids is 5. The third-order valence-electron chi connectivity index (χ3n) is 3.73. The van der Waals surface area contributed by atoms with Crippen LogP contribution in [-0.2, 0) is 54.1 Å². The van der Waals surface area contributed by atoms with E-state index in [0.29, 0.717) is 5.76 Å². The molecule has 0 spiro atoms. The Morgan fingerprint density at radius 3 is 1.65 bits per heavy atom. The zero-order valence-corrected chi connectivity index (χ0v) is 17.9. The van der Waals surface area contributed by atoms with Gasteiger partial charge in [0.15, 0.2) is 18.3 Å². The molecule has 0 fully saturated rings. The second-order valence-electron chi connectivity index (χ2n) is 6.53. The number of esters is 5. The fourth-order valence-electron chi connectivity index (χ4n) is 2.77. The predicted molar refractivity (Wildman–Crippen MR) is 101 cm³/mol. The summed E-state index contributed by atoms with van der Waals surface area (Å²) in [6, 6.07) is 3.21. The highest BCUT2D eigenvalue weighted by atomic mass is 16.6. The van der Waals surface area contributed by atoms with Crippen molar-refractivity contribution in [1.82, 2.24) is 0 Å². The van der Waals surface area contributed by atoms with E-state index in [9.17, 15) is 24.0 Å². The molecule has 0 saturated carbocycles. The third kappa shape index (κ3) is 9.79. The predicted octanol–water partition coefficient (Wildman–Crippen LogP) is 1.11. The molecule has 11 heteroatoms. The van der Waals surface area contributed by atoms with Crippen molar-refractivity contribution in [2.75, 3.05) is 6.61 Å². The number of ether oxygens (including phenoxy) is 5. The van der Waals surface area contributed by atoms with E-state index in [-0.39, 0.29) is 6.42 Å². The van der Waals surface area contributed by atoms with Gasteiger partial charge in [0.25, 0.3) is 0 Å². The van der Waals surface area contributed by atoms with Crippen LogP contribution < -0.4 is 0 Å². The van der Waals surface area contributed by atoms with Crippen molar-refractivity contribution >= 4 is 29.8 Å². The van der Waals surface area contributed by atoms with E-state index in [2.05, 4.69) is 0 Å². The molecule has 0 amide bonds. The van der Waals surface area contributed by atoms with Crippen molar-refractivity contribution in [3.8, 4) is 0 Å². The van der Waals surface area contributed by atoms with Gasteiger partial charge in [-0.3, -0.25) is 24.0 Å². The first-order valence-corrected chi connectivity index (χ1v) is 9.34. The van der Waals surface area contributed by atoms with Crippen molar-refractivity contribution in [3.05, 3.63) is 24.2 Å². The Balaban J connectivity index is 3.41. The maximum absolute atomic E-state index is 11.8. The largest absolute Gasteiger partial charge is 0.469 e. The Bertz CT molecular complexity index is 768. The van der Waals surface area contributed by atoms with Gasteiger partial charge in [0.2, 0.25) is 0 Å². The van der Waals surface area contributed by atoms with E-state index < -0.39 is 60.9 Å². The highest BCUT2D eigenvalue weighted by Gasteiger charge is 2.44. The van der Waals surface area contributed by atoms with Crippen molar-refractivity contribution in [2.45, 2.75) is 65.5 Å². The first-order chi connectivity index (χ1) is 14.5. The van der Waals surface area contributed by atoms with Gasteiger partial charge in [-0.15, -0.1) is 0 Å². The summed E-state index contributed by atoms with van der Waals surface area (Å²) in [4.78, 5) is 58.3. The smallest absolute Gasteiger partial charge is 0.303 e. The van der Waals surface area contributed by atoms with Crippen molar-refractivity contribution in [3.63, 3.8) is 0 Å². The van der Waals surface area contributed by atoms with Crippen molar-refractivity contribution in [1.29, 1.82) is 0 Å². The summed E-state index contributed by atoms with van der Waals surface area (Å²) < 4.78 is 31.3. The molecule has 0 aromatic carbocycles. The number of rotatable bonds is 11. The zero-order valence-electron chi connectivity index (χ0n) is 17.9. The van der Waals surface area contributed by atoms with Gasteiger partial charge in [0, 0.05) is 41.0 Å². The Labute approximate surface area is 178 Å². The summed E-state index contributed by atoms with van der Waals surface area (Å²) in [5, 5.41) is 0. The van der Waals surface area contributed by atoms with E-state index in [1.165, 1.54) is 6.26 Å². The van der Waals surface area contributed by atoms with Gasteiger partial charge in [0.05, 0.1) is 6.26 Å². The lowest BCUT2D eigenvalue weighted by molar-refractivity contribution is -0.202. The lowest BCUT2D eigenvalue weighted by atomic mass is 9.99. The van der Waals surface area contributed by atoms with Crippen LogP contribution in [0.15, 0.2) is 22.8 Å². The molecule has 0 aliphatic rings. The lowest BCUT2D eigenvalue weighted by Gasteiger charge is -2.35. The molecular formula is C20H26O11. The summed E-state index contributed by atoms with van der Waals surface area (Å²) in [5.41, 5.74) is 0. The second kappa shape index (κ2) is 12.4. The normalized spacial score (nSPS) is 14.4. The number of hydrogen-bond acceptors (Lipinski definition) is 11. The molecule has 1 rings (SSSR count). The molecule has 0 aliphatic carbocycles. The quantitative estimate of drug-likeness (QED) is 0.359. The van der Waals surface area contributed by atoms with Gasteiger partial charge >= 0.3 is 29.8 Å². The Kier molecular flexibility index (Phi) is 10.2. The molecule has 1 aromatic rings. The summed E-state index contributed by atoms with van der Waals surface area (Å²) in [5.74, 6) is -3.37. The fourth-order valence-corrected chi connectivity index (χ4v) is 2.77. The van der Waals surface area contributed by atoms with Gasteiger partial charge in [-0.2, -0.15) is 0 Å². The summed E-state index contributed by atoms with van der Waals surface area (Å²) >= 11 is 0. The van der Waals surface area contributed by atoms with Gasteiger partial charge in [-0.25, -0.2) is 0 Å². The number of furan rings is 1. The maximum Gasteiger partial charge on any atom is 0.303 e. The first-order valence-electron chi connectivity index (χ1n) is 9.34. The van der Waals surface area contributed by atoms with E-state index in [4.69, 9.17) is 28.1 Å². The summed E-state index contributed by atoms with van der Waals surface area (Å²) in [7, 11) is 0. The minimum absolute atomic E-state index is 0.0529. The van der Waals surface area contributed by atoms with Crippen LogP contribution in [0.25, 0.3) is 0 Å². The number of hydrogen-bond donors (Lipinski definition) is 0. The number of carbonyl (C=O) groups is 5. The van der Waals surface area contributed by atoms with Crippen LogP contribution in [0, 0.1) is 0 Å². The Morgan fingerprint density at radius 2 is 1.23 bits per heavy atom. The van der Waals surface area contributed by atoms with Crippen LogP contribution in [0.2, 0.25) is 0 Å². The van der Waals surface area contributed by atoms with Crippen LogP contribution in [-0.4, -0.2) is 60.9 Å². The monoisotopic (exact) mass is 442 g/mol. The molecule has 1 heterocycles. The van der Waals surface area contributed by atoms with Gasteiger partial charge in [0.1, 0.15) is 18.5 Å². The van der Waals surface area contributed by atoms with Crippen molar-refractivity contribution in [2.24, 2.45) is 0 Å². The molecule has 31 heavy (non-hydrogen) atoms. The minimum atomic E-state index is -1.47. The topological polar surface area (TPSA) is 145 Å². The highest BCUT2D eigenvalue weighted by Crippen LogP contribution is 2.23. The maximum atomic E-state index is 11.8. The zero-order chi connectivity index (χ0) is 23.6. The van der Waals surface area contributed by atoms with Crippen LogP contribution in [0.3, 0.4) is 0 Å². The SMILES string of the molecule is CC(=O)OC[C@@H](OC(C)=O)[C@@H](OC(C)=O)[C@H](OC(C)=O)[C@H](Cc1ccco1)OC(C)=O. The second-order valence-corrected chi connectivity index (χ2v) is 6.53. The van der Waals surface area contributed by atoms with E-state index in [1.807, 2.05) is 0 Å². The van der Waals surface area contributed by atoms with Crippen LogP contribution >= 0.6 is 0 Å². The standard InChI is InChI=1S/C20H26O11/c1-11(21)27-10-18(29-13(3)23)20(31-15(5)25)19(30-14(4)24)17(28-12(2)22)9-16-7-6-8-26-16/h6-8,17-20H,9-10H2,1-5H3/t17-,18+,19+,20+/m0/s1. The van der Waals surface area contributed by atoms with E-state index >= 15 is 0 Å². The highest BCUT2D eigenvalue weighted by molar-refractivity contribution is 5.69. The van der Waals surface area contributed by atoms with Gasteiger partial charge in [-0.05, 0) is 12.1 Å². The molecule has 1 aromatic heterocycles. The van der Waals surface area contributed by atoms with E-state index in [1.54, 1.807) is 12.1 Å². The molecule has 0 unspecified atom stereocenters. The van der Waals surface area contributed by atoms with Crippen LogP contribution in [0.4, 0.5) is 0 Å². The summed E-state index contributed by atoms with van der Waals surface area (Å²) in [6.45, 7) is 5.05. The molecular weight excluding hydrogens is 416 g/mol. The van der Waals surface area contributed by atoms with Crippen molar-refractivity contribution < 1.29 is 52.1 Å². The molecule has 0 radical (unpaired) electrons. The van der Waals surface area contributed by atoms with Crippen LogP contribution in [0.1, 0.15) is 40.4 Å². The fraction of sp³-hybridized carbons (Fsp3) is 0.550. The molecule has 0 bridgehead atoms. The molecule has 0 N–H and O–H groups in total. The molecule has 4 atom stereocenters. The third-order valence-corrected chi connectivity index (χ3v) is 3.73. The Morgan fingerprint density at radius 1 is 0.742 bits per heavy atom. The lowest BCUT2D eigenvalue weighted by Crippen LogP contribution is -2.53. The molecule has 0 saturated heterocycles. The Hall–Kier alpha value is -3.37. The minimum Gasteiger partial charge on any atom is -0.469 e. The molecule has 11 nitrogen and oxygen atoms in total. The average Bonchev–Trinajstić information content (AvgIpc) is 3.13.